The number of hydrogen-bond donors (Lipinski definition) is 0. The van der Waals surface area contributed by atoms with Crippen molar-refractivity contribution >= 4 is 39.7 Å². The number of rotatable bonds is 3. The summed E-state index contributed by atoms with van der Waals surface area (Å²) < 4.78 is 2.03. The molecule has 1 aliphatic rings. The van der Waals surface area contributed by atoms with E-state index in [1.165, 1.54) is 18.2 Å². The minimum Gasteiger partial charge on any atom is -0.342 e. The van der Waals surface area contributed by atoms with Gasteiger partial charge >= 0.3 is 0 Å². The Hall–Kier alpha value is -2.15. The summed E-state index contributed by atoms with van der Waals surface area (Å²) in [6, 6.07) is 8.07. The highest BCUT2D eigenvalue weighted by molar-refractivity contribution is 7.99. The largest absolute Gasteiger partial charge is 0.342 e. The van der Waals surface area contributed by atoms with Crippen molar-refractivity contribution in [2.75, 3.05) is 18.8 Å². The number of fused-ring (bicyclic) bond motifs is 3. The van der Waals surface area contributed by atoms with Crippen molar-refractivity contribution in [3.63, 3.8) is 0 Å². The summed E-state index contributed by atoms with van der Waals surface area (Å²) in [4.78, 5) is 19.0. The fourth-order valence-electron chi connectivity index (χ4n) is 3.49. The third-order valence-electron chi connectivity index (χ3n) is 4.82. The van der Waals surface area contributed by atoms with E-state index in [9.17, 15) is 4.79 Å². The van der Waals surface area contributed by atoms with E-state index in [4.69, 9.17) is 0 Å². The Balaban J connectivity index is 1.53. The van der Waals surface area contributed by atoms with Crippen molar-refractivity contribution in [1.29, 1.82) is 0 Å². The van der Waals surface area contributed by atoms with Gasteiger partial charge in [-0.05, 0) is 24.8 Å². The van der Waals surface area contributed by atoms with Crippen molar-refractivity contribution in [3.05, 3.63) is 24.3 Å². The Morgan fingerprint density at radius 1 is 1.32 bits per heavy atom. The SMILES string of the molecule is CC1CCCN(C(=O)CSc2nnc3c4ccccc4n(C)c3n2)C1. The predicted octanol–water partition coefficient (Wildman–Crippen LogP) is 2.87. The van der Waals surface area contributed by atoms with Gasteiger partial charge in [-0.25, -0.2) is 4.98 Å². The van der Waals surface area contributed by atoms with Crippen LogP contribution in [0, 0.1) is 5.92 Å². The third kappa shape index (κ3) is 3.08. The number of benzene rings is 1. The Kier molecular flexibility index (Phi) is 4.33. The highest BCUT2D eigenvalue weighted by Crippen LogP contribution is 2.26. The summed E-state index contributed by atoms with van der Waals surface area (Å²) in [5.41, 5.74) is 2.69. The molecule has 6 nitrogen and oxygen atoms in total. The molecule has 1 unspecified atom stereocenters. The van der Waals surface area contributed by atoms with Crippen LogP contribution in [-0.2, 0) is 11.8 Å². The molecular formula is C18H21N5OS. The minimum atomic E-state index is 0.164. The van der Waals surface area contributed by atoms with Crippen molar-refractivity contribution in [3.8, 4) is 0 Å². The molecule has 0 bridgehead atoms. The van der Waals surface area contributed by atoms with Crippen LogP contribution in [0.1, 0.15) is 19.8 Å². The average Bonchev–Trinajstić information content (AvgIpc) is 2.92. The fourth-order valence-corrected chi connectivity index (χ4v) is 4.17. The summed E-state index contributed by atoms with van der Waals surface area (Å²) in [7, 11) is 1.98. The molecule has 3 aromatic rings. The number of hydrogen-bond acceptors (Lipinski definition) is 5. The summed E-state index contributed by atoms with van der Waals surface area (Å²) in [5.74, 6) is 1.12. The molecule has 1 saturated heterocycles. The van der Waals surface area contributed by atoms with Crippen LogP contribution in [-0.4, -0.2) is 49.4 Å². The number of aromatic nitrogens is 4. The molecule has 130 valence electrons. The Bertz CT molecular complexity index is 938. The van der Waals surface area contributed by atoms with Crippen LogP contribution in [0.4, 0.5) is 0 Å². The van der Waals surface area contributed by atoms with E-state index in [1.807, 2.05) is 40.8 Å². The lowest BCUT2D eigenvalue weighted by Crippen LogP contribution is -2.40. The lowest BCUT2D eigenvalue weighted by atomic mass is 10.0. The summed E-state index contributed by atoms with van der Waals surface area (Å²) in [6.45, 7) is 3.93. The maximum Gasteiger partial charge on any atom is 0.233 e. The number of nitrogens with zero attached hydrogens (tertiary/aromatic N) is 5. The van der Waals surface area contributed by atoms with E-state index < -0.39 is 0 Å². The Morgan fingerprint density at radius 2 is 2.16 bits per heavy atom. The molecule has 1 aromatic carbocycles. The van der Waals surface area contributed by atoms with Crippen molar-refractivity contribution < 1.29 is 4.79 Å². The second-order valence-corrected chi connectivity index (χ2v) is 7.66. The van der Waals surface area contributed by atoms with E-state index in [0.29, 0.717) is 16.8 Å². The zero-order valence-corrected chi connectivity index (χ0v) is 15.3. The molecule has 1 atom stereocenters. The van der Waals surface area contributed by atoms with Gasteiger partial charge in [0, 0.05) is 25.5 Å². The molecule has 25 heavy (non-hydrogen) atoms. The molecule has 1 aliphatic heterocycles. The Labute approximate surface area is 150 Å². The van der Waals surface area contributed by atoms with Gasteiger partial charge in [-0.3, -0.25) is 4.79 Å². The number of piperidine rings is 1. The van der Waals surface area contributed by atoms with Crippen molar-refractivity contribution in [2.24, 2.45) is 13.0 Å². The minimum absolute atomic E-state index is 0.164. The molecule has 0 N–H and O–H groups in total. The van der Waals surface area contributed by atoms with E-state index in [1.54, 1.807) is 0 Å². The quantitative estimate of drug-likeness (QED) is 0.676. The number of para-hydroxylation sites is 1. The molecule has 2 aromatic heterocycles. The van der Waals surface area contributed by atoms with Crippen LogP contribution in [0.5, 0.6) is 0 Å². The topological polar surface area (TPSA) is 63.9 Å². The first kappa shape index (κ1) is 16.3. The number of likely N-dealkylation sites (tertiary alicyclic amines) is 1. The lowest BCUT2D eigenvalue weighted by Gasteiger charge is -2.30. The fraction of sp³-hybridized carbons (Fsp3) is 0.444. The van der Waals surface area contributed by atoms with Gasteiger partial charge in [0.15, 0.2) is 5.65 Å². The third-order valence-corrected chi connectivity index (χ3v) is 5.64. The first-order chi connectivity index (χ1) is 12.1. The highest BCUT2D eigenvalue weighted by Gasteiger charge is 2.21. The van der Waals surface area contributed by atoms with Crippen LogP contribution in [0.25, 0.3) is 22.1 Å². The molecule has 3 heterocycles. The molecule has 0 spiro atoms. The summed E-state index contributed by atoms with van der Waals surface area (Å²) >= 11 is 1.37. The first-order valence-corrected chi connectivity index (χ1v) is 9.60. The normalized spacial score (nSPS) is 18.2. The number of carbonyl (C=O) groups excluding carboxylic acids is 1. The van der Waals surface area contributed by atoms with Crippen LogP contribution < -0.4 is 0 Å². The molecule has 7 heteroatoms. The maximum atomic E-state index is 12.4. The van der Waals surface area contributed by atoms with Crippen molar-refractivity contribution in [1.82, 2.24) is 24.6 Å². The number of aryl methyl sites for hydroxylation is 1. The number of carbonyl (C=O) groups is 1. The van der Waals surface area contributed by atoms with Crippen molar-refractivity contribution in [2.45, 2.75) is 24.9 Å². The standard InChI is InChI=1S/C18H21N5OS/c1-12-6-5-9-23(10-12)15(24)11-25-18-19-17-16(20-21-18)13-7-3-4-8-14(13)22(17)2/h3-4,7-8,12H,5-6,9-11H2,1-2H3. The lowest BCUT2D eigenvalue weighted by molar-refractivity contribution is -0.130. The van der Waals surface area contributed by atoms with Gasteiger partial charge in [0.1, 0.15) is 5.52 Å². The molecule has 0 radical (unpaired) electrons. The highest BCUT2D eigenvalue weighted by atomic mass is 32.2. The summed E-state index contributed by atoms with van der Waals surface area (Å²) in [6.07, 6.45) is 2.30. The average molecular weight is 355 g/mol. The molecule has 0 saturated carbocycles. The van der Waals surface area contributed by atoms with Crippen LogP contribution in [0.3, 0.4) is 0 Å². The van der Waals surface area contributed by atoms with Gasteiger partial charge in [-0.15, -0.1) is 10.2 Å². The number of amides is 1. The van der Waals surface area contributed by atoms with E-state index >= 15 is 0 Å². The smallest absolute Gasteiger partial charge is 0.233 e. The zero-order chi connectivity index (χ0) is 17.4. The Morgan fingerprint density at radius 3 is 3.00 bits per heavy atom. The predicted molar refractivity (Wildman–Crippen MR) is 99.5 cm³/mol. The second kappa shape index (κ2) is 6.63. The van der Waals surface area contributed by atoms with Gasteiger partial charge in [0.25, 0.3) is 0 Å². The van der Waals surface area contributed by atoms with E-state index in [-0.39, 0.29) is 5.91 Å². The van der Waals surface area contributed by atoms with Gasteiger partial charge < -0.3 is 9.47 Å². The monoisotopic (exact) mass is 355 g/mol. The maximum absolute atomic E-state index is 12.4. The van der Waals surface area contributed by atoms with Gasteiger partial charge in [0.05, 0.1) is 11.3 Å². The molecule has 1 fully saturated rings. The molecular weight excluding hydrogens is 334 g/mol. The number of thioether (sulfide) groups is 1. The molecule has 4 rings (SSSR count). The van der Waals surface area contributed by atoms with E-state index in [2.05, 4.69) is 22.1 Å². The van der Waals surface area contributed by atoms with Gasteiger partial charge in [0.2, 0.25) is 11.1 Å². The van der Waals surface area contributed by atoms with Gasteiger partial charge in [-0.2, -0.15) is 0 Å². The zero-order valence-electron chi connectivity index (χ0n) is 14.5. The van der Waals surface area contributed by atoms with Gasteiger partial charge in [-0.1, -0.05) is 36.9 Å². The molecule has 1 amide bonds. The van der Waals surface area contributed by atoms with Crippen LogP contribution in [0.2, 0.25) is 0 Å². The molecule has 0 aliphatic carbocycles. The van der Waals surface area contributed by atoms with Crippen LogP contribution >= 0.6 is 11.8 Å². The first-order valence-electron chi connectivity index (χ1n) is 8.62. The second-order valence-electron chi connectivity index (χ2n) is 6.72. The summed E-state index contributed by atoms with van der Waals surface area (Å²) in [5, 5.41) is 10.2. The van der Waals surface area contributed by atoms with E-state index in [0.717, 1.165) is 41.6 Å². The van der Waals surface area contributed by atoms with Crippen LogP contribution in [0.15, 0.2) is 29.4 Å².